The summed E-state index contributed by atoms with van der Waals surface area (Å²) in [7, 11) is 1.63. The average Bonchev–Trinajstić information content (AvgIpc) is 2.34. The van der Waals surface area contributed by atoms with E-state index in [1.165, 1.54) is 4.90 Å². The van der Waals surface area contributed by atoms with Crippen LogP contribution in [0.25, 0.3) is 0 Å². The highest BCUT2D eigenvalue weighted by Gasteiger charge is 2.21. The maximum absolute atomic E-state index is 13.9. The number of nitrogens with one attached hydrogen (secondary N) is 1. The molecule has 0 saturated heterocycles. The molecular weight excluding hydrogens is 274 g/mol. The van der Waals surface area contributed by atoms with Gasteiger partial charge in [0.2, 0.25) is 0 Å². The van der Waals surface area contributed by atoms with Crippen molar-refractivity contribution in [3.8, 4) is 0 Å². The van der Waals surface area contributed by atoms with Crippen molar-refractivity contribution >= 4 is 11.6 Å². The van der Waals surface area contributed by atoms with Crippen molar-refractivity contribution in [2.45, 2.75) is 34.1 Å². The summed E-state index contributed by atoms with van der Waals surface area (Å²) in [4.78, 5) is 13.7. The minimum atomic E-state index is -0.740. The Labute approximate surface area is 125 Å². The van der Waals surface area contributed by atoms with Crippen molar-refractivity contribution in [3.63, 3.8) is 0 Å². The molecule has 1 N–H and O–H groups in total. The van der Waals surface area contributed by atoms with E-state index in [0.29, 0.717) is 13.1 Å². The Hall–Kier alpha value is -1.65. The molecule has 1 amide bonds. The topological polar surface area (TPSA) is 32.3 Å². The summed E-state index contributed by atoms with van der Waals surface area (Å²) in [6.07, 6.45) is 0.758. The molecule has 0 aliphatic rings. The molecular formula is C16H24F2N2O. The maximum Gasteiger partial charge on any atom is 0.253 e. The molecule has 0 unspecified atom stereocenters. The van der Waals surface area contributed by atoms with Crippen LogP contribution in [-0.2, 0) is 0 Å². The molecule has 3 nitrogen and oxygen atoms in total. The summed E-state index contributed by atoms with van der Waals surface area (Å²) >= 11 is 0. The zero-order valence-electron chi connectivity index (χ0n) is 13.4. The van der Waals surface area contributed by atoms with Crippen LogP contribution < -0.4 is 5.32 Å². The fraction of sp³-hybridized carbons (Fsp3) is 0.562. The molecule has 0 saturated carbocycles. The van der Waals surface area contributed by atoms with Gasteiger partial charge in [-0.05, 0) is 24.0 Å². The average molecular weight is 298 g/mol. The number of anilines is 1. The maximum atomic E-state index is 13.9. The lowest BCUT2D eigenvalue weighted by Gasteiger charge is -2.26. The summed E-state index contributed by atoms with van der Waals surface area (Å²) < 4.78 is 27.8. The molecule has 1 rings (SSSR count). The molecule has 0 aliphatic carbocycles. The SMILES string of the molecule is CCCNc1c(F)cc(C(=O)N(C)CC(C)(C)C)cc1F. The quantitative estimate of drug-likeness (QED) is 0.894. The number of rotatable bonds is 5. The van der Waals surface area contributed by atoms with Crippen molar-refractivity contribution in [3.05, 3.63) is 29.3 Å². The molecule has 0 atom stereocenters. The minimum absolute atomic E-state index is 0.0267. The third-order valence-corrected chi connectivity index (χ3v) is 2.90. The highest BCUT2D eigenvalue weighted by Crippen LogP contribution is 2.22. The number of halogens is 2. The van der Waals surface area contributed by atoms with Gasteiger partial charge in [0.25, 0.3) is 5.91 Å². The second-order valence-electron chi connectivity index (χ2n) is 6.46. The van der Waals surface area contributed by atoms with Crippen LogP contribution in [0.5, 0.6) is 0 Å². The van der Waals surface area contributed by atoms with E-state index in [0.717, 1.165) is 18.6 Å². The second-order valence-corrected chi connectivity index (χ2v) is 6.46. The molecule has 0 fully saturated rings. The van der Waals surface area contributed by atoms with E-state index in [9.17, 15) is 13.6 Å². The first-order chi connectivity index (χ1) is 9.65. The number of carbonyl (C=O) groups excluding carboxylic acids is 1. The third-order valence-electron chi connectivity index (χ3n) is 2.90. The fourth-order valence-corrected chi connectivity index (χ4v) is 2.12. The third kappa shape index (κ3) is 4.99. The van der Waals surface area contributed by atoms with Crippen LogP contribution in [0.2, 0.25) is 0 Å². The zero-order valence-corrected chi connectivity index (χ0v) is 13.4. The molecule has 1 aromatic carbocycles. The van der Waals surface area contributed by atoms with Gasteiger partial charge < -0.3 is 10.2 Å². The number of amides is 1. The second kappa shape index (κ2) is 6.87. The van der Waals surface area contributed by atoms with Gasteiger partial charge in [-0.3, -0.25) is 4.79 Å². The van der Waals surface area contributed by atoms with Crippen molar-refractivity contribution in [2.75, 3.05) is 25.5 Å². The minimum Gasteiger partial charge on any atom is -0.380 e. The smallest absolute Gasteiger partial charge is 0.253 e. The van der Waals surface area contributed by atoms with Crippen LogP contribution in [-0.4, -0.2) is 30.9 Å². The van der Waals surface area contributed by atoms with Gasteiger partial charge in [-0.25, -0.2) is 8.78 Å². The summed E-state index contributed by atoms with van der Waals surface area (Å²) in [5, 5.41) is 2.69. The first-order valence-electron chi connectivity index (χ1n) is 7.14. The molecule has 0 bridgehead atoms. The summed E-state index contributed by atoms with van der Waals surface area (Å²) in [6.45, 7) is 8.87. The van der Waals surface area contributed by atoms with Crippen LogP contribution in [0.15, 0.2) is 12.1 Å². The van der Waals surface area contributed by atoms with Gasteiger partial charge in [0.05, 0.1) is 0 Å². The van der Waals surface area contributed by atoms with E-state index in [1.807, 2.05) is 27.7 Å². The van der Waals surface area contributed by atoms with Crippen molar-refractivity contribution < 1.29 is 13.6 Å². The van der Waals surface area contributed by atoms with Gasteiger partial charge in [0.15, 0.2) is 0 Å². The number of hydrogen-bond donors (Lipinski definition) is 1. The molecule has 0 spiro atoms. The molecule has 5 heteroatoms. The summed E-state index contributed by atoms with van der Waals surface area (Å²) in [5.41, 5.74) is -0.227. The highest BCUT2D eigenvalue weighted by molar-refractivity contribution is 5.94. The molecule has 0 heterocycles. The number of carbonyl (C=O) groups is 1. The van der Waals surface area contributed by atoms with E-state index in [4.69, 9.17) is 0 Å². The van der Waals surface area contributed by atoms with Gasteiger partial charge >= 0.3 is 0 Å². The van der Waals surface area contributed by atoms with E-state index < -0.39 is 11.6 Å². The molecule has 118 valence electrons. The van der Waals surface area contributed by atoms with E-state index in [2.05, 4.69) is 5.32 Å². The van der Waals surface area contributed by atoms with E-state index >= 15 is 0 Å². The Balaban J connectivity index is 2.96. The van der Waals surface area contributed by atoms with Crippen molar-refractivity contribution in [1.29, 1.82) is 0 Å². The van der Waals surface area contributed by atoms with Crippen LogP contribution in [0.3, 0.4) is 0 Å². The first kappa shape index (κ1) is 17.4. The van der Waals surface area contributed by atoms with Crippen LogP contribution in [0.1, 0.15) is 44.5 Å². The molecule has 0 radical (unpaired) electrons. The zero-order chi connectivity index (χ0) is 16.2. The summed E-state index contributed by atoms with van der Waals surface area (Å²) in [6, 6.07) is 2.17. The van der Waals surface area contributed by atoms with Gasteiger partial charge in [-0.2, -0.15) is 0 Å². The largest absolute Gasteiger partial charge is 0.380 e. The predicted molar refractivity (Wildman–Crippen MR) is 81.6 cm³/mol. The lowest BCUT2D eigenvalue weighted by atomic mass is 9.96. The van der Waals surface area contributed by atoms with E-state index in [1.54, 1.807) is 7.05 Å². The van der Waals surface area contributed by atoms with Crippen LogP contribution in [0, 0.1) is 17.0 Å². The monoisotopic (exact) mass is 298 g/mol. The highest BCUT2D eigenvalue weighted by atomic mass is 19.1. The standard InChI is InChI=1S/C16H24F2N2O/c1-6-7-19-14-12(17)8-11(9-13(14)18)15(21)20(5)10-16(2,3)4/h8-9,19H,6-7,10H2,1-5H3. The Morgan fingerprint density at radius 2 is 1.76 bits per heavy atom. The molecule has 1 aromatic rings. The Kier molecular flexibility index (Phi) is 5.70. The molecule has 21 heavy (non-hydrogen) atoms. The van der Waals surface area contributed by atoms with Crippen molar-refractivity contribution in [2.24, 2.45) is 5.41 Å². The van der Waals surface area contributed by atoms with Gasteiger partial charge in [-0.15, -0.1) is 0 Å². The predicted octanol–water partition coefficient (Wildman–Crippen LogP) is 3.90. The van der Waals surface area contributed by atoms with Gasteiger partial charge in [0, 0.05) is 25.7 Å². The van der Waals surface area contributed by atoms with Crippen LogP contribution in [0.4, 0.5) is 14.5 Å². The fourth-order valence-electron chi connectivity index (χ4n) is 2.12. The molecule has 0 aliphatic heterocycles. The van der Waals surface area contributed by atoms with Crippen molar-refractivity contribution in [1.82, 2.24) is 4.90 Å². The number of hydrogen-bond acceptors (Lipinski definition) is 2. The summed E-state index contributed by atoms with van der Waals surface area (Å²) in [5.74, 6) is -1.86. The Bertz CT molecular complexity index is 486. The lowest BCUT2D eigenvalue weighted by Crippen LogP contribution is -2.34. The van der Waals surface area contributed by atoms with Gasteiger partial charge in [-0.1, -0.05) is 27.7 Å². The Morgan fingerprint density at radius 1 is 1.24 bits per heavy atom. The number of benzene rings is 1. The first-order valence-corrected chi connectivity index (χ1v) is 7.14. The van der Waals surface area contributed by atoms with Crippen LogP contribution >= 0.6 is 0 Å². The van der Waals surface area contributed by atoms with E-state index in [-0.39, 0.29) is 22.6 Å². The normalized spacial score (nSPS) is 11.4. The lowest BCUT2D eigenvalue weighted by molar-refractivity contribution is 0.0744. The number of nitrogens with zero attached hydrogens (tertiary/aromatic N) is 1. The Morgan fingerprint density at radius 3 is 2.19 bits per heavy atom. The molecule has 0 aromatic heterocycles. The van der Waals surface area contributed by atoms with Gasteiger partial charge in [0.1, 0.15) is 17.3 Å².